The third-order valence-electron chi connectivity index (χ3n) is 4.52. The van der Waals surface area contributed by atoms with Gasteiger partial charge in [-0.05, 0) is 59.2 Å². The van der Waals surface area contributed by atoms with Crippen molar-refractivity contribution in [2.45, 2.75) is 57.4 Å². The Labute approximate surface area is 113 Å². The Hall–Kier alpha value is -0.120. The van der Waals surface area contributed by atoms with Crippen molar-refractivity contribution >= 4 is 0 Å². The van der Waals surface area contributed by atoms with Crippen molar-refractivity contribution in [1.29, 1.82) is 0 Å². The van der Waals surface area contributed by atoms with Crippen LogP contribution >= 0.6 is 0 Å². The van der Waals surface area contributed by atoms with E-state index in [1.807, 2.05) is 7.05 Å². The summed E-state index contributed by atoms with van der Waals surface area (Å²) in [5.41, 5.74) is -0.0932. The fourth-order valence-electron chi connectivity index (χ4n) is 2.90. The lowest BCUT2D eigenvalue weighted by Crippen LogP contribution is -2.43. The average Bonchev–Trinajstić information content (AvgIpc) is 2.87. The normalized spacial score (nSPS) is 20.5. The second-order valence-corrected chi connectivity index (χ2v) is 6.34. The second kappa shape index (κ2) is 8.13. The molecular formula is C15H32N2O. The van der Waals surface area contributed by atoms with E-state index in [4.69, 9.17) is 0 Å². The van der Waals surface area contributed by atoms with Crippen molar-refractivity contribution in [3.05, 3.63) is 0 Å². The van der Waals surface area contributed by atoms with Crippen molar-refractivity contribution < 1.29 is 5.11 Å². The summed E-state index contributed by atoms with van der Waals surface area (Å²) in [5, 5.41) is 12.5. The molecule has 0 amide bonds. The van der Waals surface area contributed by atoms with Crippen LogP contribution < -0.4 is 5.32 Å². The van der Waals surface area contributed by atoms with E-state index < -0.39 is 0 Å². The molecule has 0 radical (unpaired) electrons. The number of aliphatic hydroxyl groups is 1. The Morgan fingerprint density at radius 1 is 1.28 bits per heavy atom. The third-order valence-corrected chi connectivity index (χ3v) is 4.52. The number of unbranched alkanes of at least 4 members (excludes halogenated alkanes) is 1. The Kier molecular flexibility index (Phi) is 7.20. The molecule has 1 saturated carbocycles. The van der Waals surface area contributed by atoms with Crippen LogP contribution in [-0.2, 0) is 0 Å². The SMILES string of the molecule is CNC(C)(CO)CCCCN(C)CC1CCCC1. The monoisotopic (exact) mass is 256 g/mol. The molecule has 1 aliphatic rings. The lowest BCUT2D eigenvalue weighted by molar-refractivity contribution is 0.168. The molecule has 18 heavy (non-hydrogen) atoms. The van der Waals surface area contributed by atoms with Gasteiger partial charge in [-0.3, -0.25) is 0 Å². The molecule has 0 aliphatic heterocycles. The zero-order valence-electron chi connectivity index (χ0n) is 12.5. The fourth-order valence-corrected chi connectivity index (χ4v) is 2.90. The van der Waals surface area contributed by atoms with Crippen LogP contribution in [0, 0.1) is 5.92 Å². The Bertz CT molecular complexity index is 211. The first-order valence-electron chi connectivity index (χ1n) is 7.58. The van der Waals surface area contributed by atoms with Crippen LogP contribution in [0.3, 0.4) is 0 Å². The quantitative estimate of drug-likeness (QED) is 0.621. The van der Waals surface area contributed by atoms with Gasteiger partial charge in [0.15, 0.2) is 0 Å². The summed E-state index contributed by atoms with van der Waals surface area (Å²) in [6, 6.07) is 0. The zero-order chi connectivity index (χ0) is 13.4. The van der Waals surface area contributed by atoms with Crippen LogP contribution in [0.5, 0.6) is 0 Å². The predicted molar refractivity (Wildman–Crippen MR) is 77.9 cm³/mol. The van der Waals surface area contributed by atoms with Gasteiger partial charge in [-0.2, -0.15) is 0 Å². The van der Waals surface area contributed by atoms with Crippen LogP contribution in [0.15, 0.2) is 0 Å². The van der Waals surface area contributed by atoms with Crippen molar-refractivity contribution in [2.24, 2.45) is 5.92 Å². The minimum absolute atomic E-state index is 0.0932. The Morgan fingerprint density at radius 2 is 1.94 bits per heavy atom. The number of nitrogens with one attached hydrogen (secondary N) is 1. The molecule has 0 heterocycles. The number of hydrogen-bond donors (Lipinski definition) is 2. The van der Waals surface area contributed by atoms with Crippen molar-refractivity contribution in [3.8, 4) is 0 Å². The fraction of sp³-hybridized carbons (Fsp3) is 1.00. The van der Waals surface area contributed by atoms with Gasteiger partial charge in [0.25, 0.3) is 0 Å². The first-order valence-corrected chi connectivity index (χ1v) is 7.58. The molecule has 108 valence electrons. The highest BCUT2D eigenvalue weighted by Gasteiger charge is 2.20. The van der Waals surface area contributed by atoms with Gasteiger partial charge in [0, 0.05) is 12.1 Å². The van der Waals surface area contributed by atoms with Crippen LogP contribution in [0.2, 0.25) is 0 Å². The topological polar surface area (TPSA) is 35.5 Å². The largest absolute Gasteiger partial charge is 0.394 e. The Morgan fingerprint density at radius 3 is 2.50 bits per heavy atom. The van der Waals surface area contributed by atoms with E-state index in [1.165, 1.54) is 51.6 Å². The summed E-state index contributed by atoms with van der Waals surface area (Å²) >= 11 is 0. The van der Waals surface area contributed by atoms with E-state index in [9.17, 15) is 5.11 Å². The molecule has 1 aliphatic carbocycles. The van der Waals surface area contributed by atoms with Gasteiger partial charge >= 0.3 is 0 Å². The van der Waals surface area contributed by atoms with Gasteiger partial charge in [-0.1, -0.05) is 19.3 Å². The van der Waals surface area contributed by atoms with Gasteiger partial charge < -0.3 is 15.3 Å². The molecule has 0 aromatic carbocycles. The molecule has 1 rings (SSSR count). The molecule has 2 N–H and O–H groups in total. The lowest BCUT2D eigenvalue weighted by Gasteiger charge is -2.27. The average molecular weight is 256 g/mol. The van der Waals surface area contributed by atoms with Crippen LogP contribution in [0.4, 0.5) is 0 Å². The molecule has 1 atom stereocenters. The molecule has 1 fully saturated rings. The predicted octanol–water partition coefficient (Wildman–Crippen LogP) is 2.25. The third kappa shape index (κ3) is 5.68. The molecule has 1 unspecified atom stereocenters. The number of nitrogens with zero attached hydrogens (tertiary/aromatic N) is 1. The molecule has 0 aromatic heterocycles. The highest BCUT2D eigenvalue weighted by molar-refractivity contribution is 4.80. The number of aliphatic hydroxyl groups excluding tert-OH is 1. The van der Waals surface area contributed by atoms with Gasteiger partial charge in [-0.25, -0.2) is 0 Å². The van der Waals surface area contributed by atoms with Gasteiger partial charge in [0.05, 0.1) is 6.61 Å². The van der Waals surface area contributed by atoms with Crippen LogP contribution in [0.1, 0.15) is 51.9 Å². The van der Waals surface area contributed by atoms with Gasteiger partial charge in [0.1, 0.15) is 0 Å². The lowest BCUT2D eigenvalue weighted by atomic mass is 9.96. The summed E-state index contributed by atoms with van der Waals surface area (Å²) in [7, 11) is 4.18. The molecule has 0 saturated heterocycles. The van der Waals surface area contributed by atoms with E-state index in [0.29, 0.717) is 0 Å². The summed E-state index contributed by atoms with van der Waals surface area (Å²) in [6.07, 6.45) is 9.23. The standard InChI is InChI=1S/C15H32N2O/c1-15(13-18,16-2)10-6-7-11-17(3)12-14-8-4-5-9-14/h14,16,18H,4-13H2,1-3H3. The van der Waals surface area contributed by atoms with Gasteiger partial charge in [0.2, 0.25) is 0 Å². The number of hydrogen-bond acceptors (Lipinski definition) is 3. The summed E-state index contributed by atoms with van der Waals surface area (Å²) in [6.45, 7) is 4.79. The molecule has 0 aromatic rings. The summed E-state index contributed by atoms with van der Waals surface area (Å²) < 4.78 is 0. The Balaban J connectivity index is 2.06. The first-order chi connectivity index (χ1) is 8.59. The smallest absolute Gasteiger partial charge is 0.0610 e. The highest BCUT2D eigenvalue weighted by atomic mass is 16.3. The van der Waals surface area contributed by atoms with E-state index >= 15 is 0 Å². The van der Waals surface area contributed by atoms with Crippen molar-refractivity contribution in [1.82, 2.24) is 10.2 Å². The minimum Gasteiger partial charge on any atom is -0.394 e. The second-order valence-electron chi connectivity index (χ2n) is 6.34. The summed E-state index contributed by atoms with van der Waals surface area (Å²) in [4.78, 5) is 2.49. The van der Waals surface area contributed by atoms with E-state index in [2.05, 4.69) is 24.2 Å². The maximum atomic E-state index is 9.31. The molecule has 0 spiro atoms. The zero-order valence-corrected chi connectivity index (χ0v) is 12.5. The van der Waals surface area contributed by atoms with Crippen LogP contribution in [-0.4, -0.2) is 49.3 Å². The maximum absolute atomic E-state index is 9.31. The van der Waals surface area contributed by atoms with Crippen LogP contribution in [0.25, 0.3) is 0 Å². The first kappa shape index (κ1) is 15.9. The summed E-state index contributed by atoms with van der Waals surface area (Å²) in [5.74, 6) is 0.954. The minimum atomic E-state index is -0.0932. The van der Waals surface area contributed by atoms with Crippen molar-refractivity contribution in [2.75, 3.05) is 33.8 Å². The number of likely N-dealkylation sites (N-methyl/N-ethyl adjacent to an activating group) is 1. The number of rotatable bonds is 9. The van der Waals surface area contributed by atoms with Gasteiger partial charge in [-0.15, -0.1) is 0 Å². The molecule has 3 nitrogen and oxygen atoms in total. The van der Waals surface area contributed by atoms with E-state index in [0.717, 1.165) is 12.3 Å². The highest BCUT2D eigenvalue weighted by Crippen LogP contribution is 2.25. The van der Waals surface area contributed by atoms with Crippen molar-refractivity contribution in [3.63, 3.8) is 0 Å². The van der Waals surface area contributed by atoms with E-state index in [-0.39, 0.29) is 12.1 Å². The molecular weight excluding hydrogens is 224 g/mol. The molecule has 3 heteroatoms. The molecule has 0 bridgehead atoms. The van der Waals surface area contributed by atoms with E-state index in [1.54, 1.807) is 0 Å². The maximum Gasteiger partial charge on any atom is 0.0610 e.